The minimum atomic E-state index is -0.441. The lowest BCUT2D eigenvalue weighted by molar-refractivity contribution is 0.0152. The lowest BCUT2D eigenvalue weighted by Gasteiger charge is -2.40. The molecule has 2 fully saturated rings. The van der Waals surface area contributed by atoms with E-state index in [2.05, 4.69) is 14.9 Å². The molecular weight excluding hydrogens is 335 g/mol. The van der Waals surface area contributed by atoms with Crippen molar-refractivity contribution < 1.29 is 13.9 Å². The van der Waals surface area contributed by atoms with Crippen LogP contribution in [-0.4, -0.2) is 52.7 Å². The molecule has 0 radical (unpaired) electrons. The molecule has 0 aliphatic carbocycles. The number of piperidine rings is 2. The number of rotatable bonds is 2. The van der Waals surface area contributed by atoms with E-state index >= 15 is 0 Å². The fraction of sp³-hybridized carbons (Fsp3) is 0.737. The zero-order chi connectivity index (χ0) is 18.7. The average Bonchev–Trinajstić information content (AvgIpc) is 2.61. The van der Waals surface area contributed by atoms with E-state index in [1.807, 2.05) is 25.7 Å². The van der Waals surface area contributed by atoms with Gasteiger partial charge in [0.1, 0.15) is 5.60 Å². The molecular formula is C19H29FN4O2. The predicted molar refractivity (Wildman–Crippen MR) is 97.5 cm³/mol. The first-order valence-corrected chi connectivity index (χ1v) is 9.52. The van der Waals surface area contributed by atoms with Crippen LogP contribution < -0.4 is 4.90 Å². The molecule has 2 aliphatic heterocycles. The van der Waals surface area contributed by atoms with Gasteiger partial charge in [-0.3, -0.25) is 0 Å². The normalized spacial score (nSPS) is 20.3. The van der Waals surface area contributed by atoms with E-state index in [0.29, 0.717) is 17.8 Å². The molecule has 2 saturated heterocycles. The van der Waals surface area contributed by atoms with E-state index in [1.54, 1.807) is 0 Å². The molecule has 2 aliphatic rings. The van der Waals surface area contributed by atoms with Crippen LogP contribution in [0.5, 0.6) is 0 Å². The number of hydrogen-bond acceptors (Lipinski definition) is 5. The summed E-state index contributed by atoms with van der Waals surface area (Å²) in [6.07, 6.45) is 6.52. The van der Waals surface area contributed by atoms with Gasteiger partial charge in [0.2, 0.25) is 5.95 Å². The Kier molecular flexibility index (Phi) is 5.63. The van der Waals surface area contributed by atoms with E-state index in [-0.39, 0.29) is 6.09 Å². The van der Waals surface area contributed by atoms with Crippen molar-refractivity contribution in [2.45, 2.75) is 52.1 Å². The SMILES string of the molecule is CC(C)(C)OC(=O)N1CCC(C2CCN(c3ncc(F)cn3)CC2)CC1. The molecule has 1 aromatic rings. The zero-order valence-electron chi connectivity index (χ0n) is 15.9. The number of aromatic nitrogens is 2. The fourth-order valence-corrected chi connectivity index (χ4v) is 3.92. The van der Waals surface area contributed by atoms with Gasteiger partial charge in [-0.2, -0.15) is 0 Å². The number of nitrogens with zero attached hydrogens (tertiary/aromatic N) is 4. The minimum Gasteiger partial charge on any atom is -0.444 e. The first-order valence-electron chi connectivity index (χ1n) is 9.52. The van der Waals surface area contributed by atoms with Crippen LogP contribution in [0.15, 0.2) is 12.4 Å². The molecule has 3 heterocycles. The van der Waals surface area contributed by atoms with Crippen LogP contribution in [-0.2, 0) is 4.74 Å². The zero-order valence-corrected chi connectivity index (χ0v) is 15.9. The van der Waals surface area contributed by atoms with Crippen LogP contribution in [0.1, 0.15) is 46.5 Å². The van der Waals surface area contributed by atoms with Crippen molar-refractivity contribution in [1.82, 2.24) is 14.9 Å². The van der Waals surface area contributed by atoms with Crippen molar-refractivity contribution in [3.8, 4) is 0 Å². The van der Waals surface area contributed by atoms with Crippen LogP contribution >= 0.6 is 0 Å². The molecule has 0 spiro atoms. The highest BCUT2D eigenvalue weighted by atomic mass is 19.1. The third kappa shape index (κ3) is 4.83. The molecule has 0 bridgehead atoms. The van der Waals surface area contributed by atoms with Gasteiger partial charge in [-0.1, -0.05) is 0 Å². The molecule has 1 amide bonds. The summed E-state index contributed by atoms with van der Waals surface area (Å²) in [7, 11) is 0. The predicted octanol–water partition coefficient (Wildman–Crippen LogP) is 3.48. The van der Waals surface area contributed by atoms with Crippen LogP contribution in [0, 0.1) is 17.7 Å². The summed E-state index contributed by atoms with van der Waals surface area (Å²) in [6, 6.07) is 0. The number of likely N-dealkylation sites (tertiary alicyclic amines) is 1. The third-order valence-electron chi connectivity index (χ3n) is 5.29. The molecule has 144 valence electrons. The first-order chi connectivity index (χ1) is 12.3. The second-order valence-corrected chi connectivity index (χ2v) is 8.33. The lowest BCUT2D eigenvalue weighted by atomic mass is 9.79. The van der Waals surface area contributed by atoms with E-state index in [0.717, 1.165) is 51.9 Å². The molecule has 1 aromatic heterocycles. The van der Waals surface area contributed by atoms with Gasteiger partial charge in [0, 0.05) is 26.2 Å². The Balaban J connectivity index is 1.45. The van der Waals surface area contributed by atoms with Gasteiger partial charge in [-0.25, -0.2) is 19.2 Å². The molecule has 26 heavy (non-hydrogen) atoms. The van der Waals surface area contributed by atoms with Crippen molar-refractivity contribution >= 4 is 12.0 Å². The molecule has 7 heteroatoms. The fourth-order valence-electron chi connectivity index (χ4n) is 3.92. The maximum atomic E-state index is 13.0. The van der Waals surface area contributed by atoms with Crippen molar-refractivity contribution in [2.75, 3.05) is 31.1 Å². The van der Waals surface area contributed by atoms with Gasteiger partial charge in [0.05, 0.1) is 12.4 Å². The topological polar surface area (TPSA) is 58.6 Å². The number of ether oxygens (including phenoxy) is 1. The molecule has 0 unspecified atom stereocenters. The van der Waals surface area contributed by atoms with Gasteiger partial charge in [0.15, 0.2) is 5.82 Å². The van der Waals surface area contributed by atoms with Gasteiger partial charge in [-0.05, 0) is 58.3 Å². The van der Waals surface area contributed by atoms with Crippen LogP contribution in [0.25, 0.3) is 0 Å². The van der Waals surface area contributed by atoms with Gasteiger partial charge >= 0.3 is 6.09 Å². The van der Waals surface area contributed by atoms with Crippen LogP contribution in [0.4, 0.5) is 15.1 Å². The summed E-state index contributed by atoms with van der Waals surface area (Å²) >= 11 is 0. The number of hydrogen-bond donors (Lipinski definition) is 0. The van der Waals surface area contributed by atoms with Crippen molar-refractivity contribution in [3.63, 3.8) is 0 Å². The van der Waals surface area contributed by atoms with Crippen LogP contribution in [0.2, 0.25) is 0 Å². The van der Waals surface area contributed by atoms with E-state index in [1.165, 1.54) is 12.4 Å². The number of anilines is 1. The highest BCUT2D eigenvalue weighted by Crippen LogP contribution is 2.33. The summed E-state index contributed by atoms with van der Waals surface area (Å²) in [5.41, 5.74) is -0.441. The smallest absolute Gasteiger partial charge is 0.410 e. The largest absolute Gasteiger partial charge is 0.444 e. The highest BCUT2D eigenvalue weighted by Gasteiger charge is 2.32. The van der Waals surface area contributed by atoms with Crippen LogP contribution in [0.3, 0.4) is 0 Å². The van der Waals surface area contributed by atoms with Crippen molar-refractivity contribution in [3.05, 3.63) is 18.2 Å². The standard InChI is InChI=1S/C19H29FN4O2/c1-19(2,3)26-18(25)24-10-6-15(7-11-24)14-4-8-23(9-5-14)17-21-12-16(20)13-22-17/h12-15H,4-11H2,1-3H3. The molecule has 0 atom stereocenters. The van der Waals surface area contributed by atoms with Crippen molar-refractivity contribution in [1.29, 1.82) is 0 Å². The quantitative estimate of drug-likeness (QED) is 0.804. The van der Waals surface area contributed by atoms with Crippen molar-refractivity contribution in [2.24, 2.45) is 11.8 Å². The van der Waals surface area contributed by atoms with Gasteiger partial charge < -0.3 is 14.5 Å². The second kappa shape index (κ2) is 7.76. The first kappa shape index (κ1) is 18.9. The number of amides is 1. The maximum absolute atomic E-state index is 13.0. The van der Waals surface area contributed by atoms with Gasteiger partial charge in [0.25, 0.3) is 0 Å². The summed E-state index contributed by atoms with van der Waals surface area (Å²) in [6.45, 7) is 9.07. The summed E-state index contributed by atoms with van der Waals surface area (Å²) in [5.74, 6) is 1.54. The Morgan fingerprint density at radius 1 is 1.04 bits per heavy atom. The summed E-state index contributed by atoms with van der Waals surface area (Å²) < 4.78 is 18.4. The maximum Gasteiger partial charge on any atom is 0.410 e. The second-order valence-electron chi connectivity index (χ2n) is 8.33. The summed E-state index contributed by atoms with van der Waals surface area (Å²) in [5, 5.41) is 0. The Bertz CT molecular complexity index is 601. The number of carbonyl (C=O) groups is 1. The van der Waals surface area contributed by atoms with E-state index in [9.17, 15) is 9.18 Å². The van der Waals surface area contributed by atoms with E-state index in [4.69, 9.17) is 4.74 Å². The molecule has 0 N–H and O–H groups in total. The third-order valence-corrected chi connectivity index (χ3v) is 5.29. The number of carbonyl (C=O) groups excluding carboxylic acids is 1. The Hall–Kier alpha value is -1.92. The lowest BCUT2D eigenvalue weighted by Crippen LogP contribution is -2.44. The Labute approximate surface area is 154 Å². The monoisotopic (exact) mass is 364 g/mol. The molecule has 0 saturated carbocycles. The highest BCUT2D eigenvalue weighted by molar-refractivity contribution is 5.68. The average molecular weight is 364 g/mol. The summed E-state index contributed by atoms with van der Waals surface area (Å²) in [4.78, 5) is 24.3. The molecule has 3 rings (SSSR count). The van der Waals surface area contributed by atoms with E-state index < -0.39 is 11.4 Å². The molecule has 6 nitrogen and oxygen atoms in total. The Morgan fingerprint density at radius 2 is 1.54 bits per heavy atom. The minimum absolute atomic E-state index is 0.195. The number of halogens is 1. The van der Waals surface area contributed by atoms with Gasteiger partial charge in [-0.15, -0.1) is 0 Å². The molecule has 0 aromatic carbocycles. The Morgan fingerprint density at radius 3 is 2.04 bits per heavy atom.